The summed E-state index contributed by atoms with van der Waals surface area (Å²) in [6.45, 7) is 3.93. The van der Waals surface area contributed by atoms with Gasteiger partial charge in [0.25, 0.3) is 5.91 Å². The van der Waals surface area contributed by atoms with Crippen LogP contribution in [0.5, 0.6) is 0 Å². The predicted octanol–water partition coefficient (Wildman–Crippen LogP) is 2.49. The van der Waals surface area contributed by atoms with Crippen LogP contribution >= 0.6 is 11.8 Å². The van der Waals surface area contributed by atoms with Crippen molar-refractivity contribution in [2.24, 2.45) is 5.92 Å². The SMILES string of the molecule is C[C@@H](CNC(=O)c1ccccc1SCc1ccccc1)C[NH+](C)C. The van der Waals surface area contributed by atoms with Crippen molar-refractivity contribution < 1.29 is 9.69 Å². The molecule has 1 amide bonds. The summed E-state index contributed by atoms with van der Waals surface area (Å²) in [6, 6.07) is 18.2. The maximum Gasteiger partial charge on any atom is 0.252 e. The molecule has 3 nitrogen and oxygen atoms in total. The molecular formula is C20H27N2OS+. The second kappa shape index (κ2) is 9.50. The highest BCUT2D eigenvalue weighted by atomic mass is 32.2. The number of hydrogen-bond donors (Lipinski definition) is 2. The molecule has 2 rings (SSSR count). The molecule has 24 heavy (non-hydrogen) atoms. The monoisotopic (exact) mass is 343 g/mol. The van der Waals surface area contributed by atoms with E-state index in [0.717, 1.165) is 22.8 Å². The van der Waals surface area contributed by atoms with Crippen molar-refractivity contribution in [1.82, 2.24) is 5.32 Å². The summed E-state index contributed by atoms with van der Waals surface area (Å²) < 4.78 is 0. The number of quaternary nitrogens is 1. The van der Waals surface area contributed by atoms with Gasteiger partial charge in [-0.25, -0.2) is 0 Å². The van der Waals surface area contributed by atoms with E-state index in [-0.39, 0.29) is 5.91 Å². The smallest absolute Gasteiger partial charge is 0.252 e. The van der Waals surface area contributed by atoms with Crippen molar-refractivity contribution in [3.05, 3.63) is 65.7 Å². The molecule has 0 aliphatic heterocycles. The Balaban J connectivity index is 1.96. The zero-order valence-corrected chi connectivity index (χ0v) is 15.5. The van der Waals surface area contributed by atoms with Gasteiger partial charge in [-0.1, -0.05) is 49.4 Å². The molecule has 0 heterocycles. The first kappa shape index (κ1) is 18.6. The molecule has 0 fully saturated rings. The molecule has 0 saturated carbocycles. The first-order valence-corrected chi connectivity index (χ1v) is 9.38. The van der Waals surface area contributed by atoms with Gasteiger partial charge in [0.05, 0.1) is 26.2 Å². The molecule has 0 radical (unpaired) electrons. The number of carbonyl (C=O) groups excluding carboxylic acids is 1. The van der Waals surface area contributed by atoms with E-state index in [1.807, 2.05) is 42.5 Å². The molecule has 2 aromatic carbocycles. The molecule has 0 spiro atoms. The van der Waals surface area contributed by atoms with Gasteiger partial charge in [-0.05, 0) is 17.7 Å². The Labute approximate surface area is 149 Å². The highest BCUT2D eigenvalue weighted by Crippen LogP contribution is 2.26. The van der Waals surface area contributed by atoms with Gasteiger partial charge in [0.15, 0.2) is 0 Å². The fourth-order valence-corrected chi connectivity index (χ4v) is 3.65. The number of amides is 1. The van der Waals surface area contributed by atoms with Crippen LogP contribution in [-0.4, -0.2) is 33.1 Å². The standard InChI is InChI=1S/C20H26N2OS/c1-16(14-22(2)3)13-21-20(23)18-11-7-8-12-19(18)24-15-17-9-5-4-6-10-17/h4-12,16H,13-15H2,1-3H3,(H,21,23)/p+1/t16-/m0/s1. The molecular weight excluding hydrogens is 316 g/mol. The number of hydrogen-bond acceptors (Lipinski definition) is 2. The lowest BCUT2D eigenvalue weighted by atomic mass is 10.1. The molecule has 2 aromatic rings. The van der Waals surface area contributed by atoms with Crippen molar-refractivity contribution >= 4 is 17.7 Å². The largest absolute Gasteiger partial charge is 0.352 e. The van der Waals surface area contributed by atoms with Crippen molar-refractivity contribution in [3.63, 3.8) is 0 Å². The third-order valence-corrected chi connectivity index (χ3v) is 4.88. The molecule has 2 N–H and O–H groups in total. The average molecular weight is 344 g/mol. The lowest BCUT2D eigenvalue weighted by Gasteiger charge is -2.16. The van der Waals surface area contributed by atoms with Crippen LogP contribution in [-0.2, 0) is 5.75 Å². The van der Waals surface area contributed by atoms with Crippen LogP contribution in [0.25, 0.3) is 0 Å². The molecule has 4 heteroatoms. The Bertz CT molecular complexity index is 643. The van der Waals surface area contributed by atoms with Gasteiger partial charge in [0.1, 0.15) is 0 Å². The first-order valence-electron chi connectivity index (χ1n) is 8.39. The van der Waals surface area contributed by atoms with Gasteiger partial charge < -0.3 is 10.2 Å². The number of thioether (sulfide) groups is 1. The Morgan fingerprint density at radius 1 is 1.08 bits per heavy atom. The lowest BCUT2D eigenvalue weighted by molar-refractivity contribution is -0.861. The second-order valence-corrected chi connectivity index (χ2v) is 7.51. The van der Waals surface area contributed by atoms with Crippen LogP contribution in [0.4, 0.5) is 0 Å². The maximum absolute atomic E-state index is 12.5. The first-order chi connectivity index (χ1) is 11.6. The van der Waals surface area contributed by atoms with E-state index in [4.69, 9.17) is 0 Å². The maximum atomic E-state index is 12.5. The lowest BCUT2D eigenvalue weighted by Crippen LogP contribution is -3.06. The Kier molecular flexibility index (Phi) is 7.35. The topological polar surface area (TPSA) is 33.5 Å². The van der Waals surface area contributed by atoms with Gasteiger partial charge in [-0.15, -0.1) is 11.8 Å². The molecule has 128 valence electrons. The minimum absolute atomic E-state index is 0.0202. The number of nitrogens with one attached hydrogen (secondary N) is 2. The molecule has 1 atom stereocenters. The Morgan fingerprint density at radius 3 is 2.46 bits per heavy atom. The van der Waals surface area contributed by atoms with Gasteiger partial charge in [-0.2, -0.15) is 0 Å². The summed E-state index contributed by atoms with van der Waals surface area (Å²) in [5.41, 5.74) is 2.03. The van der Waals surface area contributed by atoms with E-state index in [1.165, 1.54) is 10.5 Å². The van der Waals surface area contributed by atoms with Gasteiger partial charge in [0.2, 0.25) is 0 Å². The number of benzene rings is 2. The zero-order chi connectivity index (χ0) is 17.4. The highest BCUT2D eigenvalue weighted by Gasteiger charge is 2.13. The summed E-state index contributed by atoms with van der Waals surface area (Å²) in [6.07, 6.45) is 0. The van der Waals surface area contributed by atoms with Crippen LogP contribution in [0, 0.1) is 5.92 Å². The van der Waals surface area contributed by atoms with E-state index in [9.17, 15) is 4.79 Å². The van der Waals surface area contributed by atoms with E-state index < -0.39 is 0 Å². The third-order valence-electron chi connectivity index (χ3n) is 3.74. The van der Waals surface area contributed by atoms with E-state index in [0.29, 0.717) is 12.5 Å². The molecule has 0 unspecified atom stereocenters. The van der Waals surface area contributed by atoms with E-state index in [2.05, 4.69) is 38.5 Å². The minimum atomic E-state index is 0.0202. The van der Waals surface area contributed by atoms with Crippen LogP contribution in [0.2, 0.25) is 0 Å². The van der Waals surface area contributed by atoms with Crippen LogP contribution in [0.3, 0.4) is 0 Å². The van der Waals surface area contributed by atoms with Gasteiger partial charge in [-0.3, -0.25) is 4.79 Å². The quantitative estimate of drug-likeness (QED) is 0.722. The minimum Gasteiger partial charge on any atom is -0.352 e. The Hall–Kier alpha value is -1.78. The third kappa shape index (κ3) is 6.02. The molecule has 0 aliphatic carbocycles. The zero-order valence-electron chi connectivity index (χ0n) is 14.7. The summed E-state index contributed by atoms with van der Waals surface area (Å²) in [7, 11) is 4.27. The summed E-state index contributed by atoms with van der Waals surface area (Å²) in [5, 5.41) is 3.08. The van der Waals surface area contributed by atoms with Crippen molar-refractivity contribution in [2.75, 3.05) is 27.2 Å². The predicted molar refractivity (Wildman–Crippen MR) is 102 cm³/mol. The highest BCUT2D eigenvalue weighted by molar-refractivity contribution is 7.98. The summed E-state index contributed by atoms with van der Waals surface area (Å²) in [5.74, 6) is 1.35. The van der Waals surface area contributed by atoms with Crippen LogP contribution in [0.15, 0.2) is 59.5 Å². The summed E-state index contributed by atoms with van der Waals surface area (Å²) in [4.78, 5) is 15.0. The van der Waals surface area contributed by atoms with Crippen LogP contribution < -0.4 is 10.2 Å². The average Bonchev–Trinajstić information content (AvgIpc) is 2.58. The molecule has 0 aromatic heterocycles. The van der Waals surface area contributed by atoms with Crippen molar-refractivity contribution in [2.45, 2.75) is 17.6 Å². The molecule has 0 saturated heterocycles. The number of carbonyl (C=O) groups is 1. The van der Waals surface area contributed by atoms with E-state index in [1.54, 1.807) is 11.8 Å². The van der Waals surface area contributed by atoms with Crippen molar-refractivity contribution in [1.29, 1.82) is 0 Å². The second-order valence-electron chi connectivity index (χ2n) is 6.50. The van der Waals surface area contributed by atoms with Crippen LogP contribution in [0.1, 0.15) is 22.8 Å². The van der Waals surface area contributed by atoms with Gasteiger partial charge in [0, 0.05) is 23.1 Å². The normalized spacial score (nSPS) is 12.2. The van der Waals surface area contributed by atoms with E-state index >= 15 is 0 Å². The fraction of sp³-hybridized carbons (Fsp3) is 0.350. The van der Waals surface area contributed by atoms with Gasteiger partial charge >= 0.3 is 0 Å². The van der Waals surface area contributed by atoms with Crippen molar-refractivity contribution in [3.8, 4) is 0 Å². The fourth-order valence-electron chi connectivity index (χ4n) is 2.65. The Morgan fingerprint density at radius 2 is 1.75 bits per heavy atom. The molecule has 0 aliphatic rings. The number of rotatable bonds is 8. The molecule has 0 bridgehead atoms. The summed E-state index contributed by atoms with van der Waals surface area (Å²) >= 11 is 1.71.